The number of hydrogen-bond donors (Lipinski definition) is 2. The Hall–Kier alpha value is -1.11. The first-order chi connectivity index (χ1) is 9.46. The maximum Gasteiger partial charge on any atom is 0.244 e. The molecular formula is C14H22N2O3S. The fourth-order valence-corrected chi connectivity index (χ4v) is 3.70. The van der Waals surface area contributed by atoms with Gasteiger partial charge in [0.15, 0.2) is 0 Å². The van der Waals surface area contributed by atoms with Crippen molar-refractivity contribution in [3.8, 4) is 0 Å². The molecule has 0 radical (unpaired) electrons. The number of para-hydroxylation sites is 1. The van der Waals surface area contributed by atoms with Crippen LogP contribution < -0.4 is 5.32 Å². The van der Waals surface area contributed by atoms with Gasteiger partial charge in [-0.25, -0.2) is 12.7 Å². The van der Waals surface area contributed by atoms with Gasteiger partial charge in [0, 0.05) is 32.7 Å². The summed E-state index contributed by atoms with van der Waals surface area (Å²) in [7, 11) is -0.413. The predicted octanol–water partition coefficient (Wildman–Crippen LogP) is 1.51. The van der Waals surface area contributed by atoms with E-state index in [1.165, 1.54) is 18.4 Å². The zero-order chi connectivity index (χ0) is 14.8. The molecule has 1 saturated carbocycles. The van der Waals surface area contributed by atoms with E-state index in [0.717, 1.165) is 19.3 Å². The lowest BCUT2D eigenvalue weighted by Crippen LogP contribution is -2.29. The molecule has 1 aliphatic carbocycles. The largest absolute Gasteiger partial charge is 0.396 e. The van der Waals surface area contributed by atoms with Crippen molar-refractivity contribution in [2.75, 3.05) is 26.0 Å². The number of nitrogens with zero attached hydrogens (tertiary/aromatic N) is 1. The molecule has 2 atom stereocenters. The number of rotatable bonds is 5. The Bertz CT molecular complexity index is 557. The summed E-state index contributed by atoms with van der Waals surface area (Å²) in [6.45, 7) is 0.139. The average molecular weight is 298 g/mol. The van der Waals surface area contributed by atoms with E-state index < -0.39 is 10.0 Å². The SMILES string of the molecule is CN(C)S(=O)(=O)c1ccccc1NC1CCCC1CO. The molecule has 2 unspecified atom stereocenters. The van der Waals surface area contributed by atoms with Gasteiger partial charge < -0.3 is 10.4 Å². The molecule has 112 valence electrons. The number of benzene rings is 1. The molecule has 5 nitrogen and oxygen atoms in total. The molecule has 0 aromatic heterocycles. The first-order valence-electron chi connectivity index (χ1n) is 6.85. The maximum absolute atomic E-state index is 12.3. The molecule has 1 aromatic carbocycles. The summed E-state index contributed by atoms with van der Waals surface area (Å²) in [5.41, 5.74) is 0.617. The molecular weight excluding hydrogens is 276 g/mol. The number of nitrogens with one attached hydrogen (secondary N) is 1. The van der Waals surface area contributed by atoms with Crippen LogP contribution in [-0.2, 0) is 10.0 Å². The van der Waals surface area contributed by atoms with E-state index in [0.29, 0.717) is 5.69 Å². The van der Waals surface area contributed by atoms with Crippen molar-refractivity contribution >= 4 is 15.7 Å². The zero-order valence-corrected chi connectivity index (χ0v) is 12.7. The number of sulfonamides is 1. The van der Waals surface area contributed by atoms with Crippen LogP contribution in [0.15, 0.2) is 29.2 Å². The highest BCUT2D eigenvalue weighted by Gasteiger charge is 2.28. The Kier molecular flexibility index (Phi) is 4.67. The van der Waals surface area contributed by atoms with Crippen molar-refractivity contribution in [3.63, 3.8) is 0 Å². The van der Waals surface area contributed by atoms with E-state index in [2.05, 4.69) is 5.32 Å². The minimum atomic E-state index is -3.47. The Morgan fingerprint density at radius 1 is 1.30 bits per heavy atom. The van der Waals surface area contributed by atoms with Gasteiger partial charge in [-0.3, -0.25) is 0 Å². The van der Waals surface area contributed by atoms with Crippen molar-refractivity contribution in [3.05, 3.63) is 24.3 Å². The molecule has 0 bridgehead atoms. The molecule has 6 heteroatoms. The minimum Gasteiger partial charge on any atom is -0.396 e. The van der Waals surface area contributed by atoms with Crippen LogP contribution in [0.2, 0.25) is 0 Å². The van der Waals surface area contributed by atoms with Crippen molar-refractivity contribution in [1.82, 2.24) is 4.31 Å². The van der Waals surface area contributed by atoms with Gasteiger partial charge in [0.25, 0.3) is 0 Å². The van der Waals surface area contributed by atoms with Gasteiger partial charge in [0.05, 0.1) is 5.69 Å². The average Bonchev–Trinajstić information content (AvgIpc) is 2.86. The smallest absolute Gasteiger partial charge is 0.244 e. The van der Waals surface area contributed by atoms with E-state index in [9.17, 15) is 13.5 Å². The molecule has 1 aromatic rings. The fourth-order valence-electron chi connectivity index (χ4n) is 2.65. The lowest BCUT2D eigenvalue weighted by atomic mass is 10.0. The Labute approximate surface area is 120 Å². The summed E-state index contributed by atoms with van der Waals surface area (Å²) in [5, 5.41) is 12.7. The number of aliphatic hydroxyl groups excluding tert-OH is 1. The Balaban J connectivity index is 2.29. The summed E-state index contributed by atoms with van der Waals surface area (Å²) in [4.78, 5) is 0.286. The predicted molar refractivity (Wildman–Crippen MR) is 79.2 cm³/mol. The number of hydrogen-bond acceptors (Lipinski definition) is 4. The fraction of sp³-hybridized carbons (Fsp3) is 0.571. The summed E-state index contributed by atoms with van der Waals surface area (Å²) in [6.07, 6.45) is 3.00. The van der Waals surface area contributed by atoms with Crippen LogP contribution >= 0.6 is 0 Å². The first kappa shape index (κ1) is 15.3. The van der Waals surface area contributed by atoms with Gasteiger partial charge in [-0.2, -0.15) is 0 Å². The normalized spacial score (nSPS) is 23.2. The molecule has 1 fully saturated rings. The minimum absolute atomic E-state index is 0.138. The van der Waals surface area contributed by atoms with Crippen LogP contribution in [-0.4, -0.2) is 44.6 Å². The van der Waals surface area contributed by atoms with Crippen molar-refractivity contribution in [2.24, 2.45) is 5.92 Å². The lowest BCUT2D eigenvalue weighted by molar-refractivity contribution is 0.222. The quantitative estimate of drug-likeness (QED) is 0.864. The van der Waals surface area contributed by atoms with Crippen LogP contribution in [0.4, 0.5) is 5.69 Å². The highest BCUT2D eigenvalue weighted by molar-refractivity contribution is 7.89. The standard InChI is InChI=1S/C14H22N2O3S/c1-16(2)20(18,19)14-9-4-3-7-13(14)15-12-8-5-6-11(12)10-17/h3-4,7,9,11-12,15,17H,5-6,8,10H2,1-2H3. The monoisotopic (exact) mass is 298 g/mol. The van der Waals surface area contributed by atoms with E-state index in [4.69, 9.17) is 0 Å². The maximum atomic E-state index is 12.3. The Morgan fingerprint density at radius 2 is 2.00 bits per heavy atom. The van der Waals surface area contributed by atoms with Crippen LogP contribution in [0.25, 0.3) is 0 Å². The molecule has 2 N–H and O–H groups in total. The molecule has 20 heavy (non-hydrogen) atoms. The third-order valence-electron chi connectivity index (χ3n) is 3.88. The number of aliphatic hydroxyl groups is 1. The van der Waals surface area contributed by atoms with Crippen LogP contribution in [0, 0.1) is 5.92 Å². The van der Waals surface area contributed by atoms with Crippen LogP contribution in [0.5, 0.6) is 0 Å². The second-order valence-electron chi connectivity index (χ2n) is 5.41. The van der Waals surface area contributed by atoms with E-state index in [1.54, 1.807) is 18.2 Å². The third kappa shape index (κ3) is 2.97. The molecule has 0 saturated heterocycles. The van der Waals surface area contributed by atoms with Crippen molar-refractivity contribution < 1.29 is 13.5 Å². The summed E-state index contributed by atoms with van der Waals surface area (Å²) in [6, 6.07) is 7.07. The molecule has 0 spiro atoms. The van der Waals surface area contributed by atoms with Crippen LogP contribution in [0.3, 0.4) is 0 Å². The second kappa shape index (κ2) is 6.11. The summed E-state index contributed by atoms with van der Waals surface area (Å²) in [5.74, 6) is 0.199. The van der Waals surface area contributed by atoms with Crippen molar-refractivity contribution in [1.29, 1.82) is 0 Å². The van der Waals surface area contributed by atoms with E-state index >= 15 is 0 Å². The summed E-state index contributed by atoms with van der Waals surface area (Å²) >= 11 is 0. The van der Waals surface area contributed by atoms with Gasteiger partial charge in [0.2, 0.25) is 10.0 Å². The Morgan fingerprint density at radius 3 is 2.65 bits per heavy atom. The topological polar surface area (TPSA) is 69.6 Å². The van der Waals surface area contributed by atoms with Gasteiger partial charge in [0.1, 0.15) is 4.90 Å². The van der Waals surface area contributed by atoms with Gasteiger partial charge in [-0.1, -0.05) is 18.6 Å². The molecule has 0 heterocycles. The van der Waals surface area contributed by atoms with E-state index in [1.807, 2.05) is 6.07 Å². The highest BCUT2D eigenvalue weighted by atomic mass is 32.2. The van der Waals surface area contributed by atoms with Crippen LogP contribution in [0.1, 0.15) is 19.3 Å². The number of anilines is 1. The van der Waals surface area contributed by atoms with E-state index in [-0.39, 0.29) is 23.5 Å². The second-order valence-corrected chi connectivity index (χ2v) is 7.53. The molecule has 1 aliphatic rings. The van der Waals surface area contributed by atoms with Gasteiger partial charge >= 0.3 is 0 Å². The lowest BCUT2D eigenvalue weighted by Gasteiger charge is -2.23. The van der Waals surface area contributed by atoms with Gasteiger partial charge in [-0.05, 0) is 25.0 Å². The molecule has 0 amide bonds. The molecule has 0 aliphatic heterocycles. The zero-order valence-electron chi connectivity index (χ0n) is 11.9. The van der Waals surface area contributed by atoms with Gasteiger partial charge in [-0.15, -0.1) is 0 Å². The molecule has 2 rings (SSSR count). The first-order valence-corrected chi connectivity index (χ1v) is 8.29. The summed E-state index contributed by atoms with van der Waals surface area (Å²) < 4.78 is 25.8. The van der Waals surface area contributed by atoms with Crippen molar-refractivity contribution in [2.45, 2.75) is 30.2 Å². The third-order valence-corrected chi connectivity index (χ3v) is 5.75. The highest BCUT2D eigenvalue weighted by Crippen LogP contribution is 2.31.